The monoisotopic (exact) mass is 311 g/mol. The van der Waals surface area contributed by atoms with E-state index in [1.807, 2.05) is 0 Å². The average Bonchev–Trinajstić information content (AvgIpc) is 2.27. The molecular formula is C15H23BFNO4. The first kappa shape index (κ1) is 18.5. The third-order valence-corrected chi connectivity index (χ3v) is 2.86. The predicted octanol–water partition coefficient (Wildman–Crippen LogP) is 1.35. The molecule has 0 atom stereocenters. The van der Waals surface area contributed by atoms with Crippen molar-refractivity contribution in [3.05, 3.63) is 29.6 Å². The van der Waals surface area contributed by atoms with E-state index in [4.69, 9.17) is 4.74 Å². The Balaban J connectivity index is 2.86. The standard InChI is InChI=1S/C15H23BFNO4/c1-14(2,3)22-13(19)18-15(4,5)9-10-6-7-11(17)8-12(10)16(20)21/h6-8,20-21H,9H2,1-5H3,(H,18,19). The topological polar surface area (TPSA) is 78.8 Å². The number of rotatable bonds is 4. The van der Waals surface area contributed by atoms with Crippen molar-refractivity contribution >= 4 is 18.7 Å². The van der Waals surface area contributed by atoms with Gasteiger partial charge in [0.25, 0.3) is 0 Å². The van der Waals surface area contributed by atoms with Crippen molar-refractivity contribution in [2.75, 3.05) is 0 Å². The van der Waals surface area contributed by atoms with Crippen LogP contribution in [0, 0.1) is 5.82 Å². The molecule has 0 fully saturated rings. The Morgan fingerprint density at radius 2 is 1.86 bits per heavy atom. The lowest BCUT2D eigenvalue weighted by Crippen LogP contribution is -2.48. The van der Waals surface area contributed by atoms with Crippen molar-refractivity contribution in [2.24, 2.45) is 0 Å². The van der Waals surface area contributed by atoms with Gasteiger partial charge in [-0.25, -0.2) is 9.18 Å². The highest BCUT2D eigenvalue weighted by molar-refractivity contribution is 6.59. The van der Waals surface area contributed by atoms with Gasteiger partial charge in [0.1, 0.15) is 11.4 Å². The highest BCUT2D eigenvalue weighted by atomic mass is 19.1. The Morgan fingerprint density at radius 1 is 1.27 bits per heavy atom. The van der Waals surface area contributed by atoms with Crippen LogP contribution in [-0.4, -0.2) is 34.4 Å². The SMILES string of the molecule is CC(C)(Cc1ccc(F)cc1B(O)O)NC(=O)OC(C)(C)C. The summed E-state index contributed by atoms with van der Waals surface area (Å²) in [6.45, 7) is 8.83. The van der Waals surface area contributed by atoms with Crippen LogP contribution in [0.1, 0.15) is 40.2 Å². The maximum Gasteiger partial charge on any atom is 0.488 e. The first-order valence-electron chi connectivity index (χ1n) is 7.05. The van der Waals surface area contributed by atoms with Crippen molar-refractivity contribution in [3.63, 3.8) is 0 Å². The molecule has 0 heterocycles. The normalized spacial score (nSPS) is 12.0. The van der Waals surface area contributed by atoms with Crippen molar-refractivity contribution < 1.29 is 24.0 Å². The lowest BCUT2D eigenvalue weighted by molar-refractivity contribution is 0.0472. The van der Waals surface area contributed by atoms with Gasteiger partial charge in [-0.2, -0.15) is 0 Å². The molecular weight excluding hydrogens is 288 g/mol. The third-order valence-electron chi connectivity index (χ3n) is 2.86. The van der Waals surface area contributed by atoms with Crippen molar-refractivity contribution in [3.8, 4) is 0 Å². The zero-order valence-corrected chi connectivity index (χ0v) is 13.6. The summed E-state index contributed by atoms with van der Waals surface area (Å²) in [5.74, 6) is -0.551. The Labute approximate surface area is 130 Å². The maximum absolute atomic E-state index is 13.2. The van der Waals surface area contributed by atoms with E-state index in [-0.39, 0.29) is 5.46 Å². The van der Waals surface area contributed by atoms with Gasteiger partial charge in [-0.15, -0.1) is 0 Å². The van der Waals surface area contributed by atoms with E-state index < -0.39 is 30.2 Å². The molecule has 122 valence electrons. The summed E-state index contributed by atoms with van der Waals surface area (Å²) >= 11 is 0. The summed E-state index contributed by atoms with van der Waals surface area (Å²) in [4.78, 5) is 11.8. The minimum absolute atomic E-state index is 0.0825. The number of hydrogen-bond donors (Lipinski definition) is 3. The second-order valence-corrected chi connectivity index (χ2v) is 6.90. The molecule has 7 heteroatoms. The largest absolute Gasteiger partial charge is 0.488 e. The first-order valence-corrected chi connectivity index (χ1v) is 7.05. The first-order chi connectivity index (χ1) is 9.89. The molecule has 0 spiro atoms. The fourth-order valence-electron chi connectivity index (χ4n) is 2.07. The van der Waals surface area contributed by atoms with Crippen LogP contribution >= 0.6 is 0 Å². The lowest BCUT2D eigenvalue weighted by Gasteiger charge is -2.29. The van der Waals surface area contributed by atoms with E-state index in [1.165, 1.54) is 12.1 Å². The summed E-state index contributed by atoms with van der Waals surface area (Å²) in [5, 5.41) is 21.4. The number of amides is 1. The van der Waals surface area contributed by atoms with Crippen molar-refractivity contribution in [1.82, 2.24) is 5.32 Å². The Morgan fingerprint density at radius 3 is 2.36 bits per heavy atom. The zero-order chi connectivity index (χ0) is 17.1. The van der Waals surface area contributed by atoms with Gasteiger partial charge in [-0.3, -0.25) is 0 Å². The van der Waals surface area contributed by atoms with Crippen LogP contribution in [0.4, 0.5) is 9.18 Å². The van der Waals surface area contributed by atoms with Gasteiger partial charge < -0.3 is 20.1 Å². The molecule has 0 saturated carbocycles. The van der Waals surface area contributed by atoms with Crippen LogP contribution in [0.5, 0.6) is 0 Å². The molecule has 0 aromatic heterocycles. The zero-order valence-electron chi connectivity index (χ0n) is 13.6. The number of benzene rings is 1. The molecule has 5 nitrogen and oxygen atoms in total. The molecule has 0 radical (unpaired) electrons. The van der Waals surface area contributed by atoms with Crippen molar-refractivity contribution in [1.29, 1.82) is 0 Å². The summed E-state index contributed by atoms with van der Waals surface area (Å²) < 4.78 is 18.4. The summed E-state index contributed by atoms with van der Waals surface area (Å²) in [6, 6.07) is 3.79. The van der Waals surface area contributed by atoms with Gasteiger partial charge in [0.05, 0.1) is 0 Å². The van der Waals surface area contributed by atoms with E-state index in [0.29, 0.717) is 12.0 Å². The summed E-state index contributed by atoms with van der Waals surface area (Å²) in [6.07, 6.45) is -0.273. The van der Waals surface area contributed by atoms with Gasteiger partial charge in [0, 0.05) is 5.54 Å². The van der Waals surface area contributed by atoms with Gasteiger partial charge in [0.15, 0.2) is 0 Å². The molecule has 0 aliphatic heterocycles. The highest BCUT2D eigenvalue weighted by Crippen LogP contribution is 2.14. The maximum atomic E-state index is 13.2. The molecule has 1 aromatic carbocycles. The van der Waals surface area contributed by atoms with Crippen LogP contribution in [0.3, 0.4) is 0 Å². The fraction of sp³-hybridized carbons (Fsp3) is 0.533. The van der Waals surface area contributed by atoms with Crippen molar-refractivity contribution in [2.45, 2.75) is 52.2 Å². The quantitative estimate of drug-likeness (QED) is 0.734. The van der Waals surface area contributed by atoms with E-state index in [2.05, 4.69) is 5.32 Å². The van der Waals surface area contributed by atoms with E-state index in [9.17, 15) is 19.2 Å². The average molecular weight is 311 g/mol. The molecule has 0 aliphatic carbocycles. The molecule has 22 heavy (non-hydrogen) atoms. The molecule has 0 aliphatic rings. The van der Waals surface area contributed by atoms with Gasteiger partial charge in [0.2, 0.25) is 0 Å². The Bertz CT molecular complexity index is 541. The van der Waals surface area contributed by atoms with Crippen LogP contribution in [0.15, 0.2) is 18.2 Å². The lowest BCUT2D eigenvalue weighted by atomic mass is 9.74. The van der Waals surface area contributed by atoms with Crippen LogP contribution in [-0.2, 0) is 11.2 Å². The molecule has 0 bridgehead atoms. The minimum Gasteiger partial charge on any atom is -0.444 e. The third kappa shape index (κ3) is 6.03. The number of carbonyl (C=O) groups is 1. The van der Waals surface area contributed by atoms with Gasteiger partial charge in [-0.1, -0.05) is 6.07 Å². The van der Waals surface area contributed by atoms with E-state index >= 15 is 0 Å². The Hall–Kier alpha value is -1.60. The van der Waals surface area contributed by atoms with Crippen LogP contribution < -0.4 is 10.8 Å². The fourth-order valence-corrected chi connectivity index (χ4v) is 2.07. The molecule has 1 amide bonds. The summed E-state index contributed by atoms with van der Waals surface area (Å²) in [5.41, 5.74) is -0.691. The van der Waals surface area contributed by atoms with Gasteiger partial charge >= 0.3 is 13.2 Å². The van der Waals surface area contributed by atoms with Gasteiger partial charge in [-0.05, 0) is 64.2 Å². The number of nitrogens with one attached hydrogen (secondary N) is 1. The minimum atomic E-state index is -1.77. The van der Waals surface area contributed by atoms with Crippen LogP contribution in [0.25, 0.3) is 0 Å². The number of ether oxygens (including phenoxy) is 1. The predicted molar refractivity (Wildman–Crippen MR) is 83.4 cm³/mol. The number of alkyl carbamates (subject to hydrolysis) is 1. The number of halogens is 1. The molecule has 1 aromatic rings. The molecule has 3 N–H and O–H groups in total. The summed E-state index contributed by atoms with van der Waals surface area (Å²) in [7, 11) is -1.77. The molecule has 0 unspecified atom stereocenters. The molecule has 1 rings (SSSR count). The highest BCUT2D eigenvalue weighted by Gasteiger charge is 2.27. The van der Waals surface area contributed by atoms with Crippen LogP contribution in [0.2, 0.25) is 0 Å². The number of carbonyl (C=O) groups excluding carboxylic acids is 1. The van der Waals surface area contributed by atoms with E-state index in [0.717, 1.165) is 6.07 Å². The smallest absolute Gasteiger partial charge is 0.444 e. The Kier molecular flexibility index (Phi) is 5.59. The molecule has 0 saturated heterocycles. The second kappa shape index (κ2) is 6.66. The number of hydrogen-bond acceptors (Lipinski definition) is 4. The van der Waals surface area contributed by atoms with E-state index in [1.54, 1.807) is 34.6 Å². The second-order valence-electron chi connectivity index (χ2n) is 6.90.